The Morgan fingerprint density at radius 3 is 2.51 bits per heavy atom. The number of halogens is 1. The molecule has 3 unspecified atom stereocenters. The van der Waals surface area contributed by atoms with Gasteiger partial charge in [0.1, 0.15) is 0 Å². The predicted octanol–water partition coefficient (Wildman–Crippen LogP) is 3.98. The fourth-order valence-electron chi connectivity index (χ4n) is 4.11. The average molecular weight is 518 g/mol. The summed E-state index contributed by atoms with van der Waals surface area (Å²) in [6.07, 6.45) is -1.04. The van der Waals surface area contributed by atoms with E-state index >= 15 is 0 Å². The molecule has 37 heavy (non-hydrogen) atoms. The summed E-state index contributed by atoms with van der Waals surface area (Å²) in [4.78, 5) is 32.7. The van der Waals surface area contributed by atoms with Crippen molar-refractivity contribution in [2.24, 2.45) is 10.9 Å². The van der Waals surface area contributed by atoms with Crippen LogP contribution < -0.4 is 10.2 Å². The zero-order chi connectivity index (χ0) is 26.4. The van der Waals surface area contributed by atoms with Crippen LogP contribution in [-0.4, -0.2) is 48.6 Å². The van der Waals surface area contributed by atoms with E-state index in [4.69, 9.17) is 16.3 Å². The number of nitrogens with zero attached hydrogens (tertiary/aromatic N) is 2. The van der Waals surface area contributed by atoms with Crippen LogP contribution in [0.3, 0.4) is 0 Å². The summed E-state index contributed by atoms with van der Waals surface area (Å²) < 4.78 is 5.60. The molecule has 0 fully saturated rings. The van der Waals surface area contributed by atoms with Gasteiger partial charge in [-0.15, -0.1) is 6.58 Å². The van der Waals surface area contributed by atoms with E-state index in [1.54, 1.807) is 25.2 Å². The number of aliphatic imine (C=N–C) groups is 1. The molecule has 2 N–H and O–H groups in total. The Labute approximate surface area is 221 Å². The van der Waals surface area contributed by atoms with Crippen LogP contribution in [0.15, 0.2) is 96.5 Å². The van der Waals surface area contributed by atoms with Crippen LogP contribution in [0.1, 0.15) is 16.7 Å². The van der Waals surface area contributed by atoms with Gasteiger partial charge < -0.3 is 20.1 Å². The topological polar surface area (TPSA) is 91.2 Å². The van der Waals surface area contributed by atoms with E-state index in [0.717, 1.165) is 11.1 Å². The molecule has 1 aliphatic heterocycles. The number of ether oxygens (including phenoxy) is 1. The summed E-state index contributed by atoms with van der Waals surface area (Å²) in [5, 5.41) is 13.8. The van der Waals surface area contributed by atoms with Crippen molar-refractivity contribution < 1.29 is 19.4 Å². The van der Waals surface area contributed by atoms with Gasteiger partial charge in [0, 0.05) is 23.2 Å². The molecule has 8 heteroatoms. The van der Waals surface area contributed by atoms with Gasteiger partial charge in [-0.25, -0.2) is 4.99 Å². The number of aliphatic hydroxyl groups is 1. The molecular weight excluding hydrogens is 490 g/mol. The van der Waals surface area contributed by atoms with Crippen LogP contribution in [-0.2, 0) is 20.9 Å². The molecule has 0 spiro atoms. The Hall–Kier alpha value is -3.78. The van der Waals surface area contributed by atoms with Gasteiger partial charge >= 0.3 is 0 Å². The van der Waals surface area contributed by atoms with E-state index in [9.17, 15) is 14.7 Å². The maximum Gasteiger partial charge on any atom is 0.272 e. The second kappa shape index (κ2) is 12.0. The van der Waals surface area contributed by atoms with Crippen LogP contribution in [0.4, 0.5) is 5.69 Å². The molecule has 0 saturated heterocycles. The van der Waals surface area contributed by atoms with Crippen molar-refractivity contribution in [3.8, 4) is 0 Å². The zero-order valence-electron chi connectivity index (χ0n) is 20.4. The number of carbonyl (C=O) groups is 2. The van der Waals surface area contributed by atoms with E-state index < -0.39 is 30.0 Å². The molecule has 0 radical (unpaired) electrons. The number of carbonyl (C=O) groups excluding carboxylic acids is 2. The Morgan fingerprint density at radius 2 is 1.84 bits per heavy atom. The molecule has 190 valence electrons. The molecule has 0 saturated carbocycles. The largest absolute Gasteiger partial charge is 0.390 e. The number of benzodiazepines with no additional fused rings is 1. The van der Waals surface area contributed by atoms with Crippen LogP contribution in [0, 0.1) is 5.92 Å². The Kier molecular flexibility index (Phi) is 8.50. The molecule has 4 rings (SSSR count). The Balaban J connectivity index is 1.56. The zero-order valence-corrected chi connectivity index (χ0v) is 21.1. The lowest BCUT2D eigenvalue weighted by molar-refractivity contribution is -0.132. The number of benzene rings is 3. The summed E-state index contributed by atoms with van der Waals surface area (Å²) in [6.45, 7) is 3.91. The highest BCUT2D eigenvalue weighted by Crippen LogP contribution is 2.30. The molecule has 3 atom stereocenters. The van der Waals surface area contributed by atoms with Gasteiger partial charge in [-0.05, 0) is 23.8 Å². The highest BCUT2D eigenvalue weighted by Gasteiger charge is 2.34. The molecule has 3 aromatic rings. The molecular formula is C29H28ClN3O4. The number of anilines is 1. The fraction of sp³-hybridized carbons (Fsp3) is 0.207. The molecule has 0 aromatic heterocycles. The Morgan fingerprint density at radius 1 is 1.16 bits per heavy atom. The number of hydrogen-bond donors (Lipinski definition) is 2. The number of rotatable bonds is 9. The van der Waals surface area contributed by atoms with Crippen molar-refractivity contribution in [1.29, 1.82) is 0 Å². The van der Waals surface area contributed by atoms with E-state index in [2.05, 4.69) is 16.9 Å². The van der Waals surface area contributed by atoms with Crippen LogP contribution in [0.25, 0.3) is 0 Å². The lowest BCUT2D eigenvalue weighted by Gasteiger charge is -2.24. The average Bonchev–Trinajstić information content (AvgIpc) is 3.00. The first-order valence-corrected chi connectivity index (χ1v) is 12.2. The number of nitrogens with one attached hydrogen (secondary N) is 1. The second-order valence-electron chi connectivity index (χ2n) is 8.64. The van der Waals surface area contributed by atoms with Gasteiger partial charge in [-0.2, -0.15) is 0 Å². The highest BCUT2D eigenvalue weighted by molar-refractivity contribution is 6.32. The van der Waals surface area contributed by atoms with Crippen molar-refractivity contribution in [2.75, 3.05) is 18.6 Å². The SMILES string of the molecule is C=CC(C(=O)NC1N=C(c2ccccc2)c2cc(Cl)ccc2N(C)C1=O)C(O)COCc1ccccc1. The quantitative estimate of drug-likeness (QED) is 0.420. The lowest BCUT2D eigenvalue weighted by Crippen LogP contribution is -2.49. The van der Waals surface area contributed by atoms with Gasteiger partial charge in [0.15, 0.2) is 0 Å². The van der Waals surface area contributed by atoms with E-state index in [1.165, 1.54) is 11.0 Å². The number of amides is 2. The molecule has 0 aliphatic carbocycles. The summed E-state index contributed by atoms with van der Waals surface area (Å²) in [5.41, 5.74) is 3.51. The van der Waals surface area contributed by atoms with Crippen LogP contribution >= 0.6 is 11.6 Å². The molecule has 3 aromatic carbocycles. The molecule has 1 aliphatic rings. The highest BCUT2D eigenvalue weighted by atomic mass is 35.5. The Bertz CT molecular complexity index is 1300. The maximum atomic E-state index is 13.4. The maximum absolute atomic E-state index is 13.4. The monoisotopic (exact) mass is 517 g/mol. The van der Waals surface area contributed by atoms with Crippen LogP contribution in [0.5, 0.6) is 0 Å². The third-order valence-electron chi connectivity index (χ3n) is 6.10. The van der Waals surface area contributed by atoms with Gasteiger partial charge in [-0.3, -0.25) is 9.59 Å². The normalized spacial score (nSPS) is 16.7. The van der Waals surface area contributed by atoms with Crippen LogP contribution in [0.2, 0.25) is 5.02 Å². The first kappa shape index (κ1) is 26.3. The van der Waals surface area contributed by atoms with Gasteiger partial charge in [0.25, 0.3) is 5.91 Å². The van der Waals surface area contributed by atoms with Crippen molar-refractivity contribution >= 4 is 34.8 Å². The van der Waals surface area contributed by atoms with Crippen molar-refractivity contribution in [3.05, 3.63) is 113 Å². The third kappa shape index (κ3) is 6.14. The van der Waals surface area contributed by atoms with Crippen molar-refractivity contribution in [3.63, 3.8) is 0 Å². The summed E-state index contributed by atoms with van der Waals surface area (Å²) in [5.74, 6) is -2.03. The van der Waals surface area contributed by atoms with Crippen molar-refractivity contribution in [1.82, 2.24) is 5.32 Å². The standard InChI is InChI=1S/C29H28ClN3O4/c1-3-22(25(34)18-37-17-19-10-6-4-7-11-19)28(35)32-27-29(36)33(2)24-15-14-21(30)16-23(24)26(31-27)20-12-8-5-9-13-20/h3-16,22,25,27,34H,1,17-18H2,2H3,(H,32,35). The van der Waals surface area contributed by atoms with Gasteiger partial charge in [0.05, 0.1) is 36.6 Å². The summed E-state index contributed by atoms with van der Waals surface area (Å²) in [7, 11) is 1.62. The smallest absolute Gasteiger partial charge is 0.272 e. The van der Waals surface area contributed by atoms with Gasteiger partial charge in [0.2, 0.25) is 12.1 Å². The third-order valence-corrected chi connectivity index (χ3v) is 6.33. The first-order valence-electron chi connectivity index (χ1n) is 11.8. The molecule has 1 heterocycles. The second-order valence-corrected chi connectivity index (χ2v) is 9.08. The van der Waals surface area contributed by atoms with E-state index in [1.807, 2.05) is 60.7 Å². The minimum atomic E-state index is -1.22. The predicted molar refractivity (Wildman–Crippen MR) is 145 cm³/mol. The van der Waals surface area contributed by atoms with Crippen molar-refractivity contribution in [2.45, 2.75) is 18.9 Å². The van der Waals surface area contributed by atoms with E-state index in [0.29, 0.717) is 28.6 Å². The summed E-state index contributed by atoms with van der Waals surface area (Å²) in [6, 6.07) is 24.1. The lowest BCUT2D eigenvalue weighted by atomic mass is 10.0. The van der Waals surface area contributed by atoms with E-state index in [-0.39, 0.29) is 6.61 Å². The minimum Gasteiger partial charge on any atom is -0.390 e. The molecule has 7 nitrogen and oxygen atoms in total. The number of fused-ring (bicyclic) bond motifs is 1. The number of hydrogen-bond acceptors (Lipinski definition) is 5. The van der Waals surface area contributed by atoms with Gasteiger partial charge in [-0.1, -0.05) is 78.3 Å². The number of aliphatic hydroxyl groups excluding tert-OH is 1. The molecule has 2 amide bonds. The summed E-state index contributed by atoms with van der Waals surface area (Å²) >= 11 is 6.28. The fourth-order valence-corrected chi connectivity index (χ4v) is 4.28. The number of likely N-dealkylation sites (N-methyl/N-ethyl adjacent to an activating group) is 1. The first-order chi connectivity index (χ1) is 17.9. The minimum absolute atomic E-state index is 0.0833. The molecule has 0 bridgehead atoms.